The number of aliphatic carboxylic acids is 1. The molecule has 1 aliphatic rings. The molecule has 276 valence electrons. The number of aromatic nitrogens is 2. The zero-order valence-electron chi connectivity index (χ0n) is 28.9. The van der Waals surface area contributed by atoms with Gasteiger partial charge < -0.3 is 5.11 Å². The lowest BCUT2D eigenvalue weighted by Gasteiger charge is -2.16. The summed E-state index contributed by atoms with van der Waals surface area (Å²) in [5.74, 6) is -0.740. The largest absolute Gasteiger partial charge is 0.643 e. The zero-order valence-corrected chi connectivity index (χ0v) is 33.9. The summed E-state index contributed by atoms with van der Waals surface area (Å²) in [6, 6.07) is 25.7. The van der Waals surface area contributed by atoms with Gasteiger partial charge in [0.05, 0.1) is 27.2 Å². The van der Waals surface area contributed by atoms with Gasteiger partial charge in [0.1, 0.15) is 5.78 Å². The van der Waals surface area contributed by atoms with E-state index in [9.17, 15) is 26.4 Å². The summed E-state index contributed by atoms with van der Waals surface area (Å²) in [4.78, 5) is 23.2. The predicted octanol–water partition coefficient (Wildman–Crippen LogP) is 8.55. The van der Waals surface area contributed by atoms with E-state index in [2.05, 4.69) is 13.2 Å². The van der Waals surface area contributed by atoms with Crippen LogP contribution in [-0.2, 0) is 48.9 Å². The van der Waals surface area contributed by atoms with Gasteiger partial charge in [-0.3, -0.25) is 9.59 Å². The number of benzene rings is 4. The number of hydrogen-bond acceptors (Lipinski definition) is 6. The molecule has 0 bridgehead atoms. The van der Waals surface area contributed by atoms with Crippen LogP contribution in [0.15, 0.2) is 126 Å². The number of nitrogens with zero attached hydrogens (tertiary/aromatic N) is 2. The van der Waals surface area contributed by atoms with Crippen molar-refractivity contribution >= 4 is 95.1 Å². The van der Waals surface area contributed by atoms with Gasteiger partial charge in [-0.05, 0) is 85.5 Å². The Hall–Kier alpha value is -3.86. The highest BCUT2D eigenvalue weighted by Gasteiger charge is 2.24. The maximum Gasteiger partial charge on any atom is 0.643 e. The first-order chi connectivity index (χ1) is 25.1. The molecule has 0 saturated heterocycles. The fourth-order valence-electron chi connectivity index (χ4n) is 5.89. The number of carbonyl (C=O) groups excluding carboxylic acids is 1. The second-order valence-corrected chi connectivity index (χ2v) is 21.9. The van der Waals surface area contributed by atoms with Crippen LogP contribution in [0.4, 0.5) is 0 Å². The summed E-state index contributed by atoms with van der Waals surface area (Å²) in [7, 11) is 7.47. The first kappa shape index (κ1) is 41.9. The van der Waals surface area contributed by atoms with E-state index < -0.39 is 37.4 Å². The van der Waals surface area contributed by atoms with Gasteiger partial charge in [-0.1, -0.05) is 53.6 Å². The summed E-state index contributed by atoms with van der Waals surface area (Å²) in [6.45, 7) is 9.81. The molecule has 2 aromatic heterocycles. The van der Waals surface area contributed by atoms with Gasteiger partial charge in [-0.25, -0.2) is 54.9 Å². The van der Waals surface area contributed by atoms with Crippen molar-refractivity contribution in [3.8, 4) is 0 Å². The van der Waals surface area contributed by atoms with Crippen molar-refractivity contribution in [1.29, 1.82) is 0 Å². The van der Waals surface area contributed by atoms with E-state index in [0.29, 0.717) is 34.8 Å². The quantitative estimate of drug-likeness (QED) is 0.131. The van der Waals surface area contributed by atoms with Crippen LogP contribution in [0.2, 0.25) is 0 Å². The number of halogens is 3. The van der Waals surface area contributed by atoms with Crippen LogP contribution >= 0.6 is 30.1 Å². The van der Waals surface area contributed by atoms with Gasteiger partial charge in [0.2, 0.25) is 0 Å². The molecule has 15 heteroatoms. The Morgan fingerprint density at radius 2 is 1.19 bits per heavy atom. The second kappa shape index (κ2) is 18.0. The maximum atomic E-state index is 12.9. The predicted molar refractivity (Wildman–Crippen MR) is 214 cm³/mol. The molecule has 0 radical (unpaired) electrons. The summed E-state index contributed by atoms with van der Waals surface area (Å²) < 4.78 is 54.0. The molecule has 53 heavy (non-hydrogen) atoms. The lowest BCUT2D eigenvalue weighted by Crippen LogP contribution is -2.14. The molecule has 0 saturated carbocycles. The summed E-state index contributed by atoms with van der Waals surface area (Å²) >= 11 is -1.72. The van der Waals surface area contributed by atoms with E-state index in [1.807, 2.05) is 26.0 Å². The molecule has 0 spiro atoms. The van der Waals surface area contributed by atoms with Crippen LogP contribution < -0.4 is 0 Å². The van der Waals surface area contributed by atoms with Crippen LogP contribution in [0.1, 0.15) is 34.2 Å². The number of carboxylic acids is 1. The summed E-state index contributed by atoms with van der Waals surface area (Å²) in [5, 5.41) is 10.5. The molecule has 9 nitrogen and oxygen atoms in total. The topological polar surface area (TPSA) is 133 Å². The van der Waals surface area contributed by atoms with E-state index in [4.69, 9.17) is 35.3 Å². The standard InChI is InChI=1S/C19H17NO3S.C17H15NO4S.C2H4.Al.3ClH/c1-13-2-7-16(8-3-13)24(22,23)20-11-10-17-18-12-15(21)6-4-14(18)5-9-19(17)20;1-12-5-7-14(8-6-12)23(21,22)18-10-9-15-13(11-17(19)20)3-2-4-16(15)18;1-2;;;;/h2-3,5,7-11H,4,6,12H2,1H3;2-10H,11H2,1H3,(H,19,20);1-2H2;;3*1H/q;;;+3;;;/p-3. The van der Waals surface area contributed by atoms with E-state index in [1.54, 1.807) is 85.1 Å². The minimum Gasteiger partial charge on any atom is -0.481 e. The minimum absolute atomic E-state index is 0.147. The van der Waals surface area contributed by atoms with Crippen LogP contribution in [0.25, 0.3) is 21.8 Å². The van der Waals surface area contributed by atoms with Crippen molar-refractivity contribution < 1.29 is 31.5 Å². The Morgan fingerprint density at radius 3 is 1.68 bits per heavy atom. The van der Waals surface area contributed by atoms with Crippen LogP contribution in [0.3, 0.4) is 0 Å². The van der Waals surface area contributed by atoms with Gasteiger partial charge in [0.25, 0.3) is 20.0 Å². The molecule has 2 heterocycles. The molecule has 0 amide bonds. The average Bonchev–Trinajstić information content (AvgIpc) is 3.76. The van der Waals surface area contributed by atoms with Crippen molar-refractivity contribution in [1.82, 2.24) is 7.94 Å². The Bertz CT molecular complexity index is 2480. The molecule has 1 N–H and O–H groups in total. The molecular formula is C38H36AlCl3N2O7S2. The van der Waals surface area contributed by atoms with Crippen molar-refractivity contribution in [2.24, 2.45) is 0 Å². The number of carbonyl (C=O) groups is 2. The molecule has 0 atom stereocenters. The van der Waals surface area contributed by atoms with Crippen LogP contribution in [0.5, 0.6) is 0 Å². The van der Waals surface area contributed by atoms with E-state index in [-0.39, 0.29) is 22.0 Å². The van der Waals surface area contributed by atoms with Gasteiger partial charge in [-0.2, -0.15) is 0 Å². The average molecular weight is 830 g/mol. The Morgan fingerprint density at radius 1 is 0.717 bits per heavy atom. The molecule has 4 aromatic carbocycles. The lowest BCUT2D eigenvalue weighted by atomic mass is 9.89. The fourth-order valence-corrected chi connectivity index (χ4v) is 8.58. The number of rotatable bonds is 6. The van der Waals surface area contributed by atoms with E-state index in [0.717, 1.165) is 34.1 Å². The van der Waals surface area contributed by atoms with Gasteiger partial charge in [-0.15, -0.1) is 13.2 Å². The Balaban J connectivity index is 0.000000207. The number of hydrogen-bond donors (Lipinski definition) is 1. The number of aryl methyl sites for hydroxylation is 3. The van der Waals surface area contributed by atoms with Crippen LogP contribution in [0, 0.1) is 13.8 Å². The summed E-state index contributed by atoms with van der Waals surface area (Å²) in [6.07, 6.45) is 4.60. The van der Waals surface area contributed by atoms with Gasteiger partial charge in [0.15, 0.2) is 0 Å². The molecule has 7 rings (SSSR count). The van der Waals surface area contributed by atoms with Crippen molar-refractivity contribution in [2.75, 3.05) is 0 Å². The third-order valence-electron chi connectivity index (χ3n) is 8.38. The van der Waals surface area contributed by atoms with E-state index in [1.165, 1.54) is 14.1 Å². The SMILES string of the molecule is C=C.Cc1ccc(S(=O)(=O)n2ccc3c(CC(=O)O)cccc32)cc1.Cc1ccc(S(=O)(=O)n2ccc3c4c(ccc32)CCC(=O)C4)cc1.[Cl][Al]([Cl])[Cl]. The first-order valence-corrected chi connectivity index (χ1v) is 24.2. The van der Waals surface area contributed by atoms with Gasteiger partial charge in [0, 0.05) is 36.0 Å². The van der Waals surface area contributed by atoms with E-state index >= 15 is 0 Å². The Kier molecular flexibility index (Phi) is 14.2. The smallest absolute Gasteiger partial charge is 0.481 e. The molecule has 0 fully saturated rings. The number of carboxylic acid groups (broad SMARTS) is 1. The second-order valence-electron chi connectivity index (χ2n) is 11.9. The number of fused-ring (bicyclic) bond motifs is 4. The first-order valence-electron chi connectivity index (χ1n) is 16.1. The highest BCUT2D eigenvalue weighted by Crippen LogP contribution is 2.31. The summed E-state index contributed by atoms with van der Waals surface area (Å²) in [5.41, 5.74) is 5.80. The number of ketones is 1. The lowest BCUT2D eigenvalue weighted by molar-refractivity contribution is -0.136. The molecular weight excluding hydrogens is 794 g/mol. The highest BCUT2D eigenvalue weighted by atomic mass is 35.8. The van der Waals surface area contributed by atoms with Crippen molar-refractivity contribution in [2.45, 2.75) is 49.3 Å². The molecule has 0 unspecified atom stereocenters. The van der Waals surface area contributed by atoms with Crippen molar-refractivity contribution in [3.05, 3.63) is 144 Å². The van der Waals surface area contributed by atoms with Crippen molar-refractivity contribution in [3.63, 3.8) is 0 Å². The number of Topliss-reactive ketones (excluding diaryl/α,β-unsaturated/α-hetero) is 1. The van der Waals surface area contributed by atoms with Crippen LogP contribution in [-0.4, -0.2) is 53.0 Å². The maximum absolute atomic E-state index is 12.9. The zero-order chi connectivity index (χ0) is 39.1. The molecule has 6 aromatic rings. The fraction of sp³-hybridized carbons (Fsp3) is 0.158. The molecule has 1 aliphatic carbocycles. The third kappa shape index (κ3) is 9.82. The normalized spacial score (nSPS) is 12.4. The highest BCUT2D eigenvalue weighted by molar-refractivity contribution is 7.90. The van der Waals surface area contributed by atoms with Gasteiger partial charge >= 0.3 is 17.4 Å². The monoisotopic (exact) mass is 828 g/mol. The minimum atomic E-state index is -3.71. The third-order valence-corrected chi connectivity index (χ3v) is 11.8. The Labute approximate surface area is 326 Å². The molecule has 0 aliphatic heterocycles.